The van der Waals surface area contributed by atoms with Gasteiger partial charge in [0.1, 0.15) is 5.78 Å². The standard InChI is InChI=1S/C16H24F2N2O/c1-3-14(4-2)20-10-7-13(19-20)11-15(21)12-5-8-16(17,18)9-6-12/h7,10,12,14H,3-6,8-9,11H2,1-2H3. The average Bonchev–Trinajstić information content (AvgIpc) is 2.88. The third kappa shape index (κ3) is 4.11. The highest BCUT2D eigenvalue weighted by atomic mass is 19.3. The van der Waals surface area contributed by atoms with Crippen LogP contribution >= 0.6 is 0 Å². The molecule has 0 saturated heterocycles. The Labute approximate surface area is 124 Å². The number of ketones is 1. The first-order chi connectivity index (χ1) is 9.95. The number of carbonyl (C=O) groups is 1. The van der Waals surface area contributed by atoms with Gasteiger partial charge in [0.25, 0.3) is 0 Å². The van der Waals surface area contributed by atoms with Crippen LogP contribution in [0.3, 0.4) is 0 Å². The van der Waals surface area contributed by atoms with E-state index in [1.54, 1.807) is 0 Å². The lowest BCUT2D eigenvalue weighted by Gasteiger charge is -2.27. The van der Waals surface area contributed by atoms with Gasteiger partial charge in [0, 0.05) is 25.0 Å². The zero-order valence-electron chi connectivity index (χ0n) is 12.8. The van der Waals surface area contributed by atoms with Crippen LogP contribution in [0.2, 0.25) is 0 Å². The monoisotopic (exact) mass is 298 g/mol. The van der Waals surface area contributed by atoms with E-state index >= 15 is 0 Å². The molecule has 1 aliphatic carbocycles. The Balaban J connectivity index is 1.91. The van der Waals surface area contributed by atoms with Crippen molar-refractivity contribution in [3.63, 3.8) is 0 Å². The van der Waals surface area contributed by atoms with Gasteiger partial charge in [0.05, 0.1) is 18.2 Å². The zero-order valence-corrected chi connectivity index (χ0v) is 12.8. The van der Waals surface area contributed by atoms with Crippen molar-refractivity contribution >= 4 is 5.78 Å². The molecule has 1 aliphatic rings. The molecule has 2 rings (SSSR count). The topological polar surface area (TPSA) is 34.9 Å². The smallest absolute Gasteiger partial charge is 0.248 e. The number of hydrogen-bond acceptors (Lipinski definition) is 2. The summed E-state index contributed by atoms with van der Waals surface area (Å²) >= 11 is 0. The number of nitrogens with zero attached hydrogens (tertiary/aromatic N) is 2. The number of aromatic nitrogens is 2. The number of halogens is 2. The molecule has 0 amide bonds. The lowest BCUT2D eigenvalue weighted by atomic mass is 9.83. The van der Waals surface area contributed by atoms with Crippen molar-refractivity contribution in [1.29, 1.82) is 0 Å². The summed E-state index contributed by atoms with van der Waals surface area (Å²) in [5, 5.41) is 4.46. The van der Waals surface area contributed by atoms with Crippen molar-refractivity contribution in [3.8, 4) is 0 Å². The lowest BCUT2D eigenvalue weighted by molar-refractivity contribution is -0.126. The highest BCUT2D eigenvalue weighted by Gasteiger charge is 2.37. The minimum Gasteiger partial charge on any atom is -0.299 e. The molecule has 1 saturated carbocycles. The Morgan fingerprint density at radius 3 is 2.57 bits per heavy atom. The van der Waals surface area contributed by atoms with Crippen LogP contribution in [0, 0.1) is 5.92 Å². The van der Waals surface area contributed by atoms with E-state index in [1.165, 1.54) is 0 Å². The predicted molar refractivity (Wildman–Crippen MR) is 77.5 cm³/mol. The van der Waals surface area contributed by atoms with Gasteiger partial charge in [-0.15, -0.1) is 0 Å². The van der Waals surface area contributed by atoms with Crippen LogP contribution in [0.15, 0.2) is 12.3 Å². The molecule has 5 heteroatoms. The summed E-state index contributed by atoms with van der Waals surface area (Å²) in [7, 11) is 0. The minimum absolute atomic E-state index is 0.0558. The summed E-state index contributed by atoms with van der Waals surface area (Å²) in [6.45, 7) is 4.23. The van der Waals surface area contributed by atoms with Crippen LogP contribution in [0.25, 0.3) is 0 Å². The van der Waals surface area contributed by atoms with Gasteiger partial charge in [-0.05, 0) is 31.7 Å². The highest BCUT2D eigenvalue weighted by Crippen LogP contribution is 2.36. The third-order valence-electron chi connectivity index (χ3n) is 4.51. The summed E-state index contributed by atoms with van der Waals surface area (Å²) in [5.41, 5.74) is 0.754. The van der Waals surface area contributed by atoms with E-state index in [1.807, 2.05) is 16.9 Å². The first-order valence-electron chi connectivity index (χ1n) is 7.89. The number of Topliss-reactive ketones (excluding diaryl/α,β-unsaturated/α-hetero) is 1. The number of rotatable bonds is 6. The van der Waals surface area contributed by atoms with Gasteiger partial charge in [-0.25, -0.2) is 8.78 Å². The zero-order chi connectivity index (χ0) is 15.5. The van der Waals surface area contributed by atoms with Gasteiger partial charge >= 0.3 is 0 Å². The highest BCUT2D eigenvalue weighted by molar-refractivity contribution is 5.82. The number of alkyl halides is 2. The van der Waals surface area contributed by atoms with E-state index < -0.39 is 5.92 Å². The van der Waals surface area contributed by atoms with Crippen LogP contribution in [-0.4, -0.2) is 21.5 Å². The molecule has 0 aromatic carbocycles. The summed E-state index contributed by atoms with van der Waals surface area (Å²) < 4.78 is 28.1. The van der Waals surface area contributed by atoms with E-state index in [-0.39, 0.29) is 31.0 Å². The summed E-state index contributed by atoms with van der Waals surface area (Å²) in [6, 6.07) is 2.23. The molecule has 0 bridgehead atoms. The van der Waals surface area contributed by atoms with Crippen molar-refractivity contribution in [3.05, 3.63) is 18.0 Å². The Hall–Kier alpha value is -1.26. The van der Waals surface area contributed by atoms with E-state index in [0.717, 1.165) is 18.5 Å². The maximum atomic E-state index is 13.1. The Kier molecular flexibility index (Phi) is 5.12. The van der Waals surface area contributed by atoms with Crippen molar-refractivity contribution in [1.82, 2.24) is 9.78 Å². The van der Waals surface area contributed by atoms with Crippen LogP contribution in [0.4, 0.5) is 8.78 Å². The van der Waals surface area contributed by atoms with Gasteiger partial charge in [0.15, 0.2) is 0 Å². The fraction of sp³-hybridized carbons (Fsp3) is 0.750. The molecule has 1 heterocycles. The van der Waals surface area contributed by atoms with E-state index in [4.69, 9.17) is 0 Å². The molecule has 0 aliphatic heterocycles. The quantitative estimate of drug-likeness (QED) is 0.789. The molecular formula is C16H24F2N2O. The Bertz CT molecular complexity index is 470. The van der Waals surface area contributed by atoms with Gasteiger partial charge in [-0.1, -0.05) is 13.8 Å². The first-order valence-corrected chi connectivity index (χ1v) is 7.89. The molecule has 0 radical (unpaired) electrons. The van der Waals surface area contributed by atoms with E-state index in [2.05, 4.69) is 18.9 Å². The average molecular weight is 298 g/mol. The minimum atomic E-state index is -2.58. The van der Waals surface area contributed by atoms with E-state index in [9.17, 15) is 13.6 Å². The van der Waals surface area contributed by atoms with Gasteiger partial charge in [-0.3, -0.25) is 9.48 Å². The second-order valence-corrected chi connectivity index (χ2v) is 6.03. The molecule has 0 atom stereocenters. The Morgan fingerprint density at radius 1 is 1.38 bits per heavy atom. The van der Waals surface area contributed by atoms with Crippen LogP contribution in [-0.2, 0) is 11.2 Å². The predicted octanol–water partition coefficient (Wildman–Crippen LogP) is 4.18. The SMILES string of the molecule is CCC(CC)n1ccc(CC(=O)C2CCC(F)(F)CC2)n1. The second kappa shape index (κ2) is 6.67. The fourth-order valence-corrected chi connectivity index (χ4v) is 3.02. The molecule has 0 spiro atoms. The van der Waals surface area contributed by atoms with Crippen molar-refractivity contribution in [2.45, 2.75) is 70.8 Å². The maximum absolute atomic E-state index is 13.1. The molecule has 1 aromatic rings. The van der Waals surface area contributed by atoms with Crippen LogP contribution in [0.1, 0.15) is 64.1 Å². The van der Waals surface area contributed by atoms with Crippen molar-refractivity contribution < 1.29 is 13.6 Å². The fourth-order valence-electron chi connectivity index (χ4n) is 3.02. The normalized spacial score (nSPS) is 19.1. The summed E-state index contributed by atoms with van der Waals surface area (Å²) in [5.74, 6) is -2.74. The van der Waals surface area contributed by atoms with Crippen LogP contribution < -0.4 is 0 Å². The van der Waals surface area contributed by atoms with Crippen LogP contribution in [0.5, 0.6) is 0 Å². The molecule has 1 fully saturated rings. The largest absolute Gasteiger partial charge is 0.299 e. The second-order valence-electron chi connectivity index (χ2n) is 6.03. The van der Waals surface area contributed by atoms with E-state index in [0.29, 0.717) is 18.9 Å². The molecule has 1 aromatic heterocycles. The number of carbonyl (C=O) groups excluding carboxylic acids is 1. The van der Waals surface area contributed by atoms with Gasteiger partial charge in [0.2, 0.25) is 5.92 Å². The first kappa shape index (κ1) is 16.1. The molecule has 0 N–H and O–H groups in total. The summed E-state index contributed by atoms with van der Waals surface area (Å²) in [6.07, 6.45) is 4.47. The molecule has 21 heavy (non-hydrogen) atoms. The molecule has 0 unspecified atom stereocenters. The lowest BCUT2D eigenvalue weighted by Crippen LogP contribution is -2.29. The van der Waals surface area contributed by atoms with Crippen molar-refractivity contribution in [2.75, 3.05) is 0 Å². The summed E-state index contributed by atoms with van der Waals surface area (Å²) in [4.78, 5) is 12.2. The Morgan fingerprint density at radius 2 is 2.00 bits per heavy atom. The molecule has 118 valence electrons. The van der Waals surface area contributed by atoms with Gasteiger partial charge < -0.3 is 0 Å². The van der Waals surface area contributed by atoms with Crippen molar-refractivity contribution in [2.24, 2.45) is 5.92 Å². The molecular weight excluding hydrogens is 274 g/mol. The third-order valence-corrected chi connectivity index (χ3v) is 4.51. The van der Waals surface area contributed by atoms with Gasteiger partial charge in [-0.2, -0.15) is 5.10 Å². The number of hydrogen-bond donors (Lipinski definition) is 0. The maximum Gasteiger partial charge on any atom is 0.248 e. The molecule has 3 nitrogen and oxygen atoms in total.